The van der Waals surface area contributed by atoms with Gasteiger partial charge in [-0.1, -0.05) is 20.8 Å². The van der Waals surface area contributed by atoms with Crippen molar-refractivity contribution >= 4 is 11.8 Å². The average Bonchev–Trinajstić information content (AvgIpc) is 2.90. The Labute approximate surface area is 152 Å². The van der Waals surface area contributed by atoms with E-state index in [9.17, 15) is 9.59 Å². The molecule has 0 bridgehead atoms. The molecule has 4 aliphatic carbocycles. The summed E-state index contributed by atoms with van der Waals surface area (Å²) in [6, 6.07) is 0. The first-order chi connectivity index (χ1) is 11.9. The number of ketones is 1. The van der Waals surface area contributed by atoms with Crippen LogP contribution in [-0.2, 0) is 14.3 Å². The molecule has 7 atom stereocenters. The van der Waals surface area contributed by atoms with Gasteiger partial charge in [-0.2, -0.15) is 0 Å². The van der Waals surface area contributed by atoms with Crippen molar-refractivity contribution in [2.75, 3.05) is 0 Å². The third-order valence-corrected chi connectivity index (χ3v) is 8.91. The molecular formula is C22H34O3. The molecule has 3 nitrogen and oxygen atoms in total. The molecule has 4 fully saturated rings. The van der Waals surface area contributed by atoms with Gasteiger partial charge in [0.15, 0.2) is 0 Å². The summed E-state index contributed by atoms with van der Waals surface area (Å²) in [5.41, 5.74) is 0.378. The summed E-state index contributed by atoms with van der Waals surface area (Å²) in [4.78, 5) is 24.2. The van der Waals surface area contributed by atoms with E-state index >= 15 is 0 Å². The van der Waals surface area contributed by atoms with Gasteiger partial charge in [-0.15, -0.1) is 0 Å². The lowest BCUT2D eigenvalue weighted by atomic mass is 9.45. The molecule has 4 rings (SSSR count). The van der Waals surface area contributed by atoms with Crippen LogP contribution in [0.25, 0.3) is 0 Å². The van der Waals surface area contributed by atoms with Crippen molar-refractivity contribution in [1.82, 2.24) is 0 Å². The second-order valence-electron chi connectivity index (χ2n) is 9.81. The van der Waals surface area contributed by atoms with E-state index in [4.69, 9.17) is 4.74 Å². The number of hydrogen-bond donors (Lipinski definition) is 0. The number of carbonyl (C=O) groups excluding carboxylic acids is 2. The zero-order chi connectivity index (χ0) is 17.8. The fraction of sp³-hybridized carbons (Fsp3) is 0.909. The Bertz CT molecular complexity index is 570. The first kappa shape index (κ1) is 17.5. The van der Waals surface area contributed by atoms with Crippen LogP contribution >= 0.6 is 0 Å². The summed E-state index contributed by atoms with van der Waals surface area (Å²) in [5, 5.41) is 0. The van der Waals surface area contributed by atoms with Crippen molar-refractivity contribution < 1.29 is 14.3 Å². The lowest BCUT2D eigenvalue weighted by Gasteiger charge is -2.60. The van der Waals surface area contributed by atoms with Gasteiger partial charge in [-0.05, 0) is 80.5 Å². The van der Waals surface area contributed by atoms with Gasteiger partial charge in [0.2, 0.25) is 0 Å². The normalized spacial score (nSPS) is 49.1. The van der Waals surface area contributed by atoms with Crippen molar-refractivity contribution in [3.63, 3.8) is 0 Å². The van der Waals surface area contributed by atoms with Gasteiger partial charge in [0, 0.05) is 18.3 Å². The van der Waals surface area contributed by atoms with Crippen molar-refractivity contribution in [3.05, 3.63) is 0 Å². The molecule has 0 aromatic heterocycles. The van der Waals surface area contributed by atoms with Crippen LogP contribution in [-0.4, -0.2) is 17.9 Å². The molecule has 3 heteroatoms. The van der Waals surface area contributed by atoms with Crippen LogP contribution < -0.4 is 0 Å². The highest BCUT2D eigenvalue weighted by Gasteiger charge is 2.60. The van der Waals surface area contributed by atoms with E-state index in [1.807, 2.05) is 6.92 Å². The van der Waals surface area contributed by atoms with Crippen molar-refractivity contribution in [2.45, 2.75) is 91.1 Å². The highest BCUT2D eigenvalue weighted by Crippen LogP contribution is 2.65. The number of rotatable bonds is 2. The third-order valence-electron chi connectivity index (χ3n) is 8.91. The highest BCUT2D eigenvalue weighted by molar-refractivity contribution is 5.87. The standard InChI is InChI=1S/C22H34O3/c1-4-20(24)25-15-9-11-21(2)14(13-15)5-6-16-17-7-8-19(23)22(17,3)12-10-18(16)21/h14-18H,4-13H2,1-3H3. The molecule has 0 aromatic rings. The largest absolute Gasteiger partial charge is 0.462 e. The monoisotopic (exact) mass is 346 g/mol. The topological polar surface area (TPSA) is 43.4 Å². The number of esters is 1. The lowest BCUT2D eigenvalue weighted by Crippen LogP contribution is -2.54. The fourth-order valence-electron chi connectivity index (χ4n) is 7.37. The molecule has 0 aromatic carbocycles. The van der Waals surface area contributed by atoms with Crippen LogP contribution in [0.1, 0.15) is 85.0 Å². The van der Waals surface area contributed by atoms with Crippen LogP contribution in [0.4, 0.5) is 0 Å². The Morgan fingerprint density at radius 3 is 2.64 bits per heavy atom. The molecular weight excluding hydrogens is 312 g/mol. The van der Waals surface area contributed by atoms with E-state index in [0.29, 0.717) is 29.5 Å². The number of Topliss-reactive ketones (excluding diaryl/α,β-unsaturated/α-hetero) is 1. The molecule has 0 saturated heterocycles. The van der Waals surface area contributed by atoms with Crippen LogP contribution in [0.15, 0.2) is 0 Å². The summed E-state index contributed by atoms with van der Waals surface area (Å²) in [6.45, 7) is 6.66. The quantitative estimate of drug-likeness (QED) is 0.667. The van der Waals surface area contributed by atoms with Crippen molar-refractivity contribution in [1.29, 1.82) is 0 Å². The van der Waals surface area contributed by atoms with Crippen LogP contribution in [0.3, 0.4) is 0 Å². The second kappa shape index (κ2) is 6.09. The van der Waals surface area contributed by atoms with Gasteiger partial charge in [-0.3, -0.25) is 9.59 Å². The molecule has 0 amide bonds. The Morgan fingerprint density at radius 1 is 1.08 bits per heavy atom. The van der Waals surface area contributed by atoms with E-state index < -0.39 is 0 Å². The summed E-state index contributed by atoms with van der Waals surface area (Å²) in [6.07, 6.45) is 10.7. The Balaban J connectivity index is 1.51. The molecule has 0 N–H and O–H groups in total. The number of carbonyl (C=O) groups is 2. The molecule has 0 spiro atoms. The molecule has 0 radical (unpaired) electrons. The van der Waals surface area contributed by atoms with E-state index in [2.05, 4.69) is 13.8 Å². The minimum atomic E-state index is -0.0415. The van der Waals surface area contributed by atoms with Gasteiger partial charge < -0.3 is 4.74 Å². The maximum atomic E-state index is 12.5. The zero-order valence-electron chi connectivity index (χ0n) is 16.2. The fourth-order valence-corrected chi connectivity index (χ4v) is 7.37. The lowest BCUT2D eigenvalue weighted by molar-refractivity contribution is -0.161. The predicted octanol–water partition coefficient (Wildman–Crippen LogP) is 4.92. The summed E-state index contributed by atoms with van der Waals surface area (Å²) < 4.78 is 5.69. The summed E-state index contributed by atoms with van der Waals surface area (Å²) in [5.74, 6) is 3.35. The third kappa shape index (κ3) is 2.59. The van der Waals surface area contributed by atoms with Gasteiger partial charge in [-0.25, -0.2) is 0 Å². The first-order valence-electron chi connectivity index (χ1n) is 10.6. The summed E-state index contributed by atoms with van der Waals surface area (Å²) in [7, 11) is 0. The SMILES string of the molecule is CCC(=O)OC1CCC2(C)C(CCC3C4CCC(=O)C4(C)CCC32)C1. The van der Waals surface area contributed by atoms with E-state index in [-0.39, 0.29) is 17.5 Å². The Kier molecular flexibility index (Phi) is 4.28. The van der Waals surface area contributed by atoms with Gasteiger partial charge >= 0.3 is 5.97 Å². The van der Waals surface area contributed by atoms with E-state index in [1.54, 1.807) is 0 Å². The molecule has 7 unspecified atom stereocenters. The molecule has 140 valence electrons. The van der Waals surface area contributed by atoms with Crippen LogP contribution in [0.5, 0.6) is 0 Å². The van der Waals surface area contributed by atoms with E-state index in [1.165, 1.54) is 25.7 Å². The average molecular weight is 347 g/mol. The smallest absolute Gasteiger partial charge is 0.305 e. The van der Waals surface area contributed by atoms with Crippen LogP contribution in [0.2, 0.25) is 0 Å². The maximum Gasteiger partial charge on any atom is 0.305 e. The van der Waals surface area contributed by atoms with Gasteiger partial charge in [0.25, 0.3) is 0 Å². The van der Waals surface area contributed by atoms with Crippen molar-refractivity contribution in [3.8, 4) is 0 Å². The van der Waals surface area contributed by atoms with E-state index in [0.717, 1.165) is 43.9 Å². The minimum absolute atomic E-state index is 0.0157. The molecule has 25 heavy (non-hydrogen) atoms. The molecule has 4 saturated carbocycles. The number of hydrogen-bond acceptors (Lipinski definition) is 3. The van der Waals surface area contributed by atoms with Crippen LogP contribution in [0, 0.1) is 34.5 Å². The zero-order valence-corrected chi connectivity index (χ0v) is 16.2. The van der Waals surface area contributed by atoms with Gasteiger partial charge in [0.05, 0.1) is 0 Å². The number of ether oxygens (including phenoxy) is 1. The number of fused-ring (bicyclic) bond motifs is 5. The molecule has 0 aliphatic heterocycles. The Morgan fingerprint density at radius 2 is 1.88 bits per heavy atom. The maximum absolute atomic E-state index is 12.5. The molecule has 0 heterocycles. The predicted molar refractivity (Wildman–Crippen MR) is 96.9 cm³/mol. The first-order valence-corrected chi connectivity index (χ1v) is 10.6. The van der Waals surface area contributed by atoms with Gasteiger partial charge in [0.1, 0.15) is 11.9 Å². The second-order valence-corrected chi connectivity index (χ2v) is 9.81. The minimum Gasteiger partial charge on any atom is -0.462 e. The highest BCUT2D eigenvalue weighted by atomic mass is 16.5. The Hall–Kier alpha value is -0.860. The van der Waals surface area contributed by atoms with Crippen molar-refractivity contribution in [2.24, 2.45) is 34.5 Å². The molecule has 4 aliphatic rings. The summed E-state index contributed by atoms with van der Waals surface area (Å²) >= 11 is 0.